The topological polar surface area (TPSA) is 107 Å². The van der Waals surface area contributed by atoms with Gasteiger partial charge in [0.2, 0.25) is 5.91 Å². The van der Waals surface area contributed by atoms with Gasteiger partial charge in [-0.2, -0.15) is 0 Å². The normalized spacial score (nSPS) is 21.8. The Bertz CT molecular complexity index is 587. The van der Waals surface area contributed by atoms with Gasteiger partial charge >= 0.3 is 0 Å². The van der Waals surface area contributed by atoms with Crippen LogP contribution in [0.3, 0.4) is 0 Å². The molecule has 1 saturated heterocycles. The van der Waals surface area contributed by atoms with Crippen molar-refractivity contribution in [2.45, 2.75) is 13.3 Å². The highest BCUT2D eigenvalue weighted by atomic mass is 16.6. The molecular weight excluding hydrogens is 262 g/mol. The minimum absolute atomic E-state index is 0.132. The van der Waals surface area contributed by atoms with E-state index < -0.39 is 10.3 Å². The predicted molar refractivity (Wildman–Crippen MR) is 72.6 cm³/mol. The van der Waals surface area contributed by atoms with Gasteiger partial charge in [-0.1, -0.05) is 0 Å². The van der Waals surface area contributed by atoms with Crippen molar-refractivity contribution in [3.05, 3.63) is 33.9 Å². The van der Waals surface area contributed by atoms with Crippen LogP contribution >= 0.6 is 0 Å². The molecule has 0 aliphatic carbocycles. The molecule has 0 spiro atoms. The van der Waals surface area contributed by atoms with Crippen LogP contribution in [0.4, 0.5) is 11.4 Å². The predicted octanol–water partition coefficient (Wildman–Crippen LogP) is 1.11. The SMILES string of the molecule is CC1(C(N)=O)CCN(c2ccc([N+](=O)[O-])cc2C=O)C1. The molecule has 7 nitrogen and oxygen atoms in total. The van der Waals surface area contributed by atoms with Crippen molar-refractivity contribution in [1.82, 2.24) is 0 Å². The molecule has 1 aliphatic rings. The molecule has 106 valence electrons. The number of non-ortho nitro benzene ring substituents is 1. The van der Waals surface area contributed by atoms with Crippen molar-refractivity contribution in [1.29, 1.82) is 0 Å². The van der Waals surface area contributed by atoms with Crippen molar-refractivity contribution in [3.8, 4) is 0 Å². The first kappa shape index (κ1) is 14.0. The van der Waals surface area contributed by atoms with Gasteiger partial charge in [0, 0.05) is 36.5 Å². The number of benzene rings is 1. The van der Waals surface area contributed by atoms with Gasteiger partial charge in [0.1, 0.15) is 0 Å². The van der Waals surface area contributed by atoms with Gasteiger partial charge in [0.25, 0.3) is 5.69 Å². The number of nitro benzene ring substituents is 1. The molecule has 1 aromatic carbocycles. The van der Waals surface area contributed by atoms with E-state index in [-0.39, 0.29) is 17.2 Å². The zero-order valence-corrected chi connectivity index (χ0v) is 11.0. The fraction of sp³-hybridized carbons (Fsp3) is 0.385. The van der Waals surface area contributed by atoms with Crippen molar-refractivity contribution in [3.63, 3.8) is 0 Å². The molecule has 2 rings (SSSR count). The maximum atomic E-state index is 11.4. The fourth-order valence-electron chi connectivity index (χ4n) is 2.41. The van der Waals surface area contributed by atoms with Crippen molar-refractivity contribution in [2.24, 2.45) is 11.1 Å². The van der Waals surface area contributed by atoms with Gasteiger partial charge < -0.3 is 10.6 Å². The van der Waals surface area contributed by atoms with Crippen LogP contribution in [0.2, 0.25) is 0 Å². The van der Waals surface area contributed by atoms with Gasteiger partial charge in [-0.05, 0) is 19.4 Å². The highest BCUT2D eigenvalue weighted by Gasteiger charge is 2.39. The van der Waals surface area contributed by atoms with E-state index in [4.69, 9.17) is 5.73 Å². The lowest BCUT2D eigenvalue weighted by Crippen LogP contribution is -2.37. The third-order valence-electron chi connectivity index (χ3n) is 3.76. The second-order valence-electron chi connectivity index (χ2n) is 5.21. The van der Waals surface area contributed by atoms with Crippen LogP contribution in [0.5, 0.6) is 0 Å². The number of nitro groups is 1. The molecule has 1 atom stereocenters. The number of hydrogen-bond donors (Lipinski definition) is 1. The van der Waals surface area contributed by atoms with Crippen LogP contribution in [0.1, 0.15) is 23.7 Å². The number of carbonyl (C=O) groups excluding carboxylic acids is 2. The van der Waals surface area contributed by atoms with E-state index in [1.165, 1.54) is 18.2 Å². The maximum absolute atomic E-state index is 11.4. The Morgan fingerprint density at radius 3 is 2.75 bits per heavy atom. The lowest BCUT2D eigenvalue weighted by Gasteiger charge is -2.23. The number of amides is 1. The monoisotopic (exact) mass is 277 g/mol. The molecule has 0 bridgehead atoms. The second kappa shape index (κ2) is 4.92. The van der Waals surface area contributed by atoms with Crippen molar-refractivity contribution in [2.75, 3.05) is 18.0 Å². The van der Waals surface area contributed by atoms with Crippen LogP contribution in [0.15, 0.2) is 18.2 Å². The van der Waals surface area contributed by atoms with Gasteiger partial charge in [0.05, 0.1) is 10.3 Å². The standard InChI is InChI=1S/C13H15N3O4/c1-13(12(14)18)4-5-15(8-13)11-3-2-10(16(19)20)6-9(11)7-17/h2-3,6-7H,4-5,8H2,1H3,(H2,14,18). The number of anilines is 1. The number of aldehydes is 1. The summed E-state index contributed by atoms with van der Waals surface area (Å²) in [6.07, 6.45) is 1.18. The molecule has 1 amide bonds. The van der Waals surface area contributed by atoms with E-state index in [2.05, 4.69) is 0 Å². The van der Waals surface area contributed by atoms with E-state index in [9.17, 15) is 19.7 Å². The lowest BCUT2D eigenvalue weighted by atomic mass is 9.89. The highest BCUT2D eigenvalue weighted by molar-refractivity contribution is 5.87. The molecular formula is C13H15N3O4. The van der Waals surface area contributed by atoms with Crippen molar-refractivity contribution < 1.29 is 14.5 Å². The summed E-state index contributed by atoms with van der Waals surface area (Å²) in [5.41, 5.74) is 5.45. The Balaban J connectivity index is 2.33. The molecule has 0 saturated carbocycles. The number of nitrogens with zero attached hydrogens (tertiary/aromatic N) is 2. The molecule has 1 fully saturated rings. The molecule has 1 heterocycles. The van der Waals surface area contributed by atoms with Crippen molar-refractivity contribution >= 4 is 23.6 Å². The van der Waals surface area contributed by atoms with Gasteiger partial charge in [-0.25, -0.2) is 0 Å². The van der Waals surface area contributed by atoms with Crippen LogP contribution in [0.25, 0.3) is 0 Å². The van der Waals surface area contributed by atoms with E-state index in [1.807, 2.05) is 4.90 Å². The largest absolute Gasteiger partial charge is 0.370 e. The highest BCUT2D eigenvalue weighted by Crippen LogP contribution is 2.35. The second-order valence-corrected chi connectivity index (χ2v) is 5.21. The maximum Gasteiger partial charge on any atom is 0.270 e. The Morgan fingerprint density at radius 1 is 1.55 bits per heavy atom. The van der Waals surface area contributed by atoms with Gasteiger partial charge in [-0.15, -0.1) is 0 Å². The molecule has 2 N–H and O–H groups in total. The number of carbonyl (C=O) groups is 2. The first-order valence-electron chi connectivity index (χ1n) is 6.16. The average molecular weight is 277 g/mol. The first-order chi connectivity index (χ1) is 9.37. The third-order valence-corrected chi connectivity index (χ3v) is 3.76. The Morgan fingerprint density at radius 2 is 2.25 bits per heavy atom. The van der Waals surface area contributed by atoms with E-state index >= 15 is 0 Å². The van der Waals surface area contributed by atoms with Gasteiger partial charge in [-0.3, -0.25) is 19.7 Å². The van der Waals surface area contributed by atoms with Gasteiger partial charge in [0.15, 0.2) is 6.29 Å². The van der Waals surface area contributed by atoms with E-state index in [0.717, 1.165) is 0 Å². The lowest BCUT2D eigenvalue weighted by molar-refractivity contribution is -0.384. The summed E-state index contributed by atoms with van der Waals surface area (Å²) < 4.78 is 0. The quantitative estimate of drug-likeness (QED) is 0.504. The summed E-state index contributed by atoms with van der Waals surface area (Å²) in [7, 11) is 0. The molecule has 1 aromatic rings. The minimum atomic E-state index is -0.637. The minimum Gasteiger partial charge on any atom is -0.370 e. The first-order valence-corrected chi connectivity index (χ1v) is 6.16. The van der Waals surface area contributed by atoms with Crippen LogP contribution in [0, 0.1) is 15.5 Å². The molecule has 20 heavy (non-hydrogen) atoms. The number of hydrogen-bond acceptors (Lipinski definition) is 5. The summed E-state index contributed by atoms with van der Waals surface area (Å²) in [4.78, 5) is 34.6. The third kappa shape index (κ3) is 2.34. The van der Waals surface area contributed by atoms with Crippen LogP contribution in [-0.4, -0.2) is 30.2 Å². The zero-order valence-electron chi connectivity index (χ0n) is 11.0. The van der Waals surface area contributed by atoms with Crippen LogP contribution in [-0.2, 0) is 4.79 Å². The summed E-state index contributed by atoms with van der Waals surface area (Å²) in [6.45, 7) is 2.76. The number of primary amides is 1. The Hall–Kier alpha value is -2.44. The molecule has 1 aliphatic heterocycles. The Kier molecular flexibility index (Phi) is 3.44. The zero-order chi connectivity index (χ0) is 14.9. The van der Waals surface area contributed by atoms with E-state index in [0.29, 0.717) is 31.5 Å². The average Bonchev–Trinajstić information content (AvgIpc) is 2.82. The fourth-order valence-corrected chi connectivity index (χ4v) is 2.41. The summed E-state index contributed by atoms with van der Waals surface area (Å²) in [5, 5.41) is 10.7. The molecule has 0 aromatic heterocycles. The smallest absolute Gasteiger partial charge is 0.270 e. The summed E-state index contributed by atoms with van der Waals surface area (Å²) >= 11 is 0. The summed E-state index contributed by atoms with van der Waals surface area (Å²) in [5.74, 6) is -0.380. The molecule has 7 heteroatoms. The van der Waals surface area contributed by atoms with Crippen LogP contribution < -0.4 is 10.6 Å². The van der Waals surface area contributed by atoms with E-state index in [1.54, 1.807) is 6.92 Å². The number of rotatable bonds is 4. The summed E-state index contributed by atoms with van der Waals surface area (Å²) in [6, 6.07) is 4.12. The molecule has 0 radical (unpaired) electrons. The molecule has 1 unspecified atom stereocenters. The number of nitrogens with two attached hydrogens (primary N) is 1. The Labute approximate surface area is 115 Å².